The highest BCUT2D eigenvalue weighted by atomic mass is 35.5. The van der Waals surface area contributed by atoms with E-state index in [0.29, 0.717) is 19.4 Å². The van der Waals surface area contributed by atoms with E-state index in [1.54, 1.807) is 6.92 Å². The normalized spacial score (nSPS) is 15.4. The van der Waals surface area contributed by atoms with Gasteiger partial charge in [0.25, 0.3) is 0 Å². The maximum absolute atomic E-state index is 12.2. The number of nitrogens with zero attached hydrogens (tertiary/aromatic N) is 2. The lowest BCUT2D eigenvalue weighted by Crippen LogP contribution is -2.48. The molecule has 0 aliphatic carbocycles. The van der Waals surface area contributed by atoms with Crippen molar-refractivity contribution in [1.29, 1.82) is 0 Å². The van der Waals surface area contributed by atoms with Crippen molar-refractivity contribution in [3.63, 3.8) is 0 Å². The van der Waals surface area contributed by atoms with E-state index in [1.165, 1.54) is 5.69 Å². The van der Waals surface area contributed by atoms with Crippen LogP contribution in [0, 0.1) is 0 Å². The molecule has 1 saturated heterocycles. The fourth-order valence-electron chi connectivity index (χ4n) is 2.62. The average molecular weight is 355 g/mol. The van der Waals surface area contributed by atoms with Crippen LogP contribution in [-0.4, -0.2) is 55.5 Å². The fourth-order valence-corrected chi connectivity index (χ4v) is 2.62. The van der Waals surface area contributed by atoms with Crippen molar-refractivity contribution in [3.8, 4) is 0 Å². The minimum Gasteiger partial charge on any atom is -0.368 e. The van der Waals surface area contributed by atoms with E-state index in [-0.39, 0.29) is 24.2 Å². The number of benzene rings is 1. The second-order valence-electron chi connectivity index (χ2n) is 5.89. The van der Waals surface area contributed by atoms with Gasteiger partial charge in [-0.2, -0.15) is 0 Å². The number of hydrogen-bond acceptors (Lipinski definition) is 4. The van der Waals surface area contributed by atoms with E-state index >= 15 is 0 Å². The molecular formula is C17H27ClN4O2. The van der Waals surface area contributed by atoms with Crippen molar-refractivity contribution in [1.82, 2.24) is 10.2 Å². The highest BCUT2D eigenvalue weighted by Crippen LogP contribution is 2.15. The first-order chi connectivity index (χ1) is 11.1. The van der Waals surface area contributed by atoms with Crippen LogP contribution in [-0.2, 0) is 9.59 Å². The lowest BCUT2D eigenvalue weighted by molar-refractivity contribution is -0.131. The Kier molecular flexibility index (Phi) is 8.57. The van der Waals surface area contributed by atoms with E-state index in [2.05, 4.69) is 22.3 Å². The molecule has 3 N–H and O–H groups in total. The molecule has 0 bridgehead atoms. The molecular weight excluding hydrogens is 328 g/mol. The summed E-state index contributed by atoms with van der Waals surface area (Å²) in [5.74, 6) is -0.0123. The van der Waals surface area contributed by atoms with Gasteiger partial charge in [0, 0.05) is 44.8 Å². The summed E-state index contributed by atoms with van der Waals surface area (Å²) in [5, 5.41) is 2.73. The predicted octanol–water partition coefficient (Wildman–Crippen LogP) is 1.00. The van der Waals surface area contributed by atoms with Gasteiger partial charge in [0.05, 0.1) is 6.04 Å². The number of anilines is 1. The van der Waals surface area contributed by atoms with Gasteiger partial charge in [0.1, 0.15) is 0 Å². The molecule has 1 aliphatic rings. The van der Waals surface area contributed by atoms with E-state index < -0.39 is 6.04 Å². The van der Waals surface area contributed by atoms with Gasteiger partial charge in [-0.15, -0.1) is 12.4 Å². The molecule has 0 radical (unpaired) electrons. The molecule has 2 rings (SSSR count). The molecule has 6 nitrogen and oxygen atoms in total. The molecule has 1 aliphatic heterocycles. The summed E-state index contributed by atoms with van der Waals surface area (Å²) >= 11 is 0. The number of para-hydroxylation sites is 1. The summed E-state index contributed by atoms with van der Waals surface area (Å²) in [7, 11) is 0. The zero-order valence-corrected chi connectivity index (χ0v) is 14.9. The van der Waals surface area contributed by atoms with Gasteiger partial charge in [-0.05, 0) is 25.5 Å². The van der Waals surface area contributed by atoms with Crippen LogP contribution in [0.2, 0.25) is 0 Å². The minimum atomic E-state index is -0.503. The van der Waals surface area contributed by atoms with Crippen LogP contribution in [0.5, 0.6) is 0 Å². The Morgan fingerprint density at radius 1 is 1.17 bits per heavy atom. The molecule has 24 heavy (non-hydrogen) atoms. The number of halogens is 1. The number of carbonyl (C=O) groups excluding carboxylic acids is 2. The van der Waals surface area contributed by atoms with Crippen LogP contribution in [0.4, 0.5) is 5.69 Å². The summed E-state index contributed by atoms with van der Waals surface area (Å²) in [4.78, 5) is 27.7. The summed E-state index contributed by atoms with van der Waals surface area (Å²) in [6.45, 7) is 5.36. The first-order valence-corrected chi connectivity index (χ1v) is 8.19. The number of rotatable bonds is 6. The number of nitrogens with two attached hydrogens (primary N) is 1. The third-order valence-corrected chi connectivity index (χ3v) is 4.03. The van der Waals surface area contributed by atoms with Crippen LogP contribution in [0.25, 0.3) is 0 Å². The van der Waals surface area contributed by atoms with Crippen LogP contribution in [0.3, 0.4) is 0 Å². The Labute approximate surface area is 149 Å². The molecule has 7 heteroatoms. The molecule has 0 aromatic heterocycles. The molecule has 1 aromatic carbocycles. The molecule has 1 fully saturated rings. The lowest BCUT2D eigenvalue weighted by atomic mass is 10.2. The van der Waals surface area contributed by atoms with Gasteiger partial charge < -0.3 is 20.9 Å². The topological polar surface area (TPSA) is 78.7 Å². The van der Waals surface area contributed by atoms with E-state index in [9.17, 15) is 9.59 Å². The van der Waals surface area contributed by atoms with Crippen molar-refractivity contribution in [3.05, 3.63) is 30.3 Å². The third kappa shape index (κ3) is 6.02. The highest BCUT2D eigenvalue weighted by molar-refractivity contribution is 5.85. The first-order valence-electron chi connectivity index (χ1n) is 8.19. The number of piperazine rings is 1. The van der Waals surface area contributed by atoms with Crippen molar-refractivity contribution >= 4 is 29.9 Å². The van der Waals surface area contributed by atoms with E-state index in [4.69, 9.17) is 5.73 Å². The Morgan fingerprint density at radius 2 is 1.79 bits per heavy atom. The van der Waals surface area contributed by atoms with Gasteiger partial charge in [-0.1, -0.05) is 18.2 Å². The fraction of sp³-hybridized carbons (Fsp3) is 0.529. The molecule has 0 spiro atoms. The minimum absolute atomic E-state index is 0. The molecule has 1 atom stereocenters. The van der Waals surface area contributed by atoms with Crippen molar-refractivity contribution < 1.29 is 9.59 Å². The summed E-state index contributed by atoms with van der Waals surface area (Å²) in [5.41, 5.74) is 6.67. The molecule has 1 aromatic rings. The lowest BCUT2D eigenvalue weighted by Gasteiger charge is -2.36. The molecule has 1 heterocycles. The Balaban J connectivity index is 0.00000288. The number of amides is 2. The van der Waals surface area contributed by atoms with Crippen LogP contribution >= 0.6 is 12.4 Å². The predicted molar refractivity (Wildman–Crippen MR) is 98.4 cm³/mol. The largest absolute Gasteiger partial charge is 0.368 e. The second kappa shape index (κ2) is 10.2. The smallest absolute Gasteiger partial charge is 0.236 e. The second-order valence-corrected chi connectivity index (χ2v) is 5.89. The standard InChI is InChI=1S/C17H26N4O2.ClH/c1-14(18)17(23)19-9-5-8-16(22)21-12-10-20(11-13-21)15-6-3-2-4-7-15;/h2-4,6-7,14H,5,8-13,18H2,1H3,(H,19,23);1H. The number of nitrogens with one attached hydrogen (secondary N) is 1. The van der Waals surface area contributed by atoms with Gasteiger partial charge in [0.2, 0.25) is 11.8 Å². The maximum Gasteiger partial charge on any atom is 0.236 e. The SMILES string of the molecule is CC(N)C(=O)NCCCC(=O)N1CCN(c2ccccc2)CC1.Cl. The van der Waals surface area contributed by atoms with Crippen molar-refractivity contribution in [2.45, 2.75) is 25.8 Å². The summed E-state index contributed by atoms with van der Waals surface area (Å²) in [6, 6.07) is 9.76. The molecule has 134 valence electrons. The van der Waals surface area contributed by atoms with Crippen LogP contribution in [0.1, 0.15) is 19.8 Å². The van der Waals surface area contributed by atoms with E-state index in [1.807, 2.05) is 23.1 Å². The molecule has 0 saturated carbocycles. The Morgan fingerprint density at radius 3 is 2.38 bits per heavy atom. The number of hydrogen-bond donors (Lipinski definition) is 2. The number of carbonyl (C=O) groups is 2. The average Bonchev–Trinajstić information content (AvgIpc) is 2.59. The van der Waals surface area contributed by atoms with Gasteiger partial charge in [-0.3, -0.25) is 9.59 Å². The van der Waals surface area contributed by atoms with Gasteiger partial charge in [0.15, 0.2) is 0 Å². The van der Waals surface area contributed by atoms with Crippen molar-refractivity contribution in [2.75, 3.05) is 37.6 Å². The summed E-state index contributed by atoms with van der Waals surface area (Å²) < 4.78 is 0. The van der Waals surface area contributed by atoms with E-state index in [0.717, 1.165) is 26.2 Å². The first kappa shape index (κ1) is 20.3. The molecule has 1 unspecified atom stereocenters. The Bertz CT molecular complexity index is 517. The van der Waals surface area contributed by atoms with Gasteiger partial charge >= 0.3 is 0 Å². The van der Waals surface area contributed by atoms with Gasteiger partial charge in [-0.25, -0.2) is 0 Å². The Hall–Kier alpha value is -1.79. The monoisotopic (exact) mass is 354 g/mol. The molecule has 2 amide bonds. The zero-order valence-electron chi connectivity index (χ0n) is 14.1. The zero-order chi connectivity index (χ0) is 16.7. The van der Waals surface area contributed by atoms with Crippen LogP contribution < -0.4 is 16.0 Å². The van der Waals surface area contributed by atoms with Crippen LogP contribution in [0.15, 0.2) is 30.3 Å². The van der Waals surface area contributed by atoms with Crippen molar-refractivity contribution in [2.24, 2.45) is 5.73 Å². The maximum atomic E-state index is 12.2. The third-order valence-electron chi connectivity index (χ3n) is 4.03. The summed E-state index contributed by atoms with van der Waals surface area (Å²) in [6.07, 6.45) is 1.11. The quantitative estimate of drug-likeness (QED) is 0.747. The highest BCUT2D eigenvalue weighted by Gasteiger charge is 2.20.